The molecule has 2 N–H and O–H groups in total. The van der Waals surface area contributed by atoms with Gasteiger partial charge in [-0.1, -0.05) is 39.7 Å². The molecule has 0 bridgehead atoms. The van der Waals surface area contributed by atoms with Gasteiger partial charge in [0.25, 0.3) is 0 Å². The van der Waals surface area contributed by atoms with Gasteiger partial charge in [0.05, 0.1) is 0 Å². The number of hydrogen-bond donors (Lipinski definition) is 1. The fourth-order valence-electron chi connectivity index (χ4n) is 1.26. The van der Waals surface area contributed by atoms with E-state index in [1.165, 1.54) is 0 Å². The highest BCUT2D eigenvalue weighted by Crippen LogP contribution is 2.25. The van der Waals surface area contributed by atoms with Crippen LogP contribution in [-0.2, 0) is 0 Å². The van der Waals surface area contributed by atoms with E-state index in [0.29, 0.717) is 0 Å². The summed E-state index contributed by atoms with van der Waals surface area (Å²) in [6.07, 6.45) is 0.836. The van der Waals surface area contributed by atoms with Crippen LogP contribution in [0.25, 0.3) is 0 Å². The Balaban J connectivity index is 2.82. The van der Waals surface area contributed by atoms with E-state index in [2.05, 4.69) is 22.5 Å². The minimum Gasteiger partial charge on any atom is -0.324 e. The van der Waals surface area contributed by atoms with Gasteiger partial charge in [-0.3, -0.25) is 0 Å². The molecule has 0 aliphatic carbocycles. The van der Waals surface area contributed by atoms with Crippen molar-refractivity contribution in [1.82, 2.24) is 0 Å². The van der Waals surface area contributed by atoms with Crippen LogP contribution in [0.2, 0.25) is 0 Å². The Bertz CT molecular complexity index is 307. The molecule has 2 heteroatoms. The molecule has 1 nitrogen and oxygen atoms in total. The van der Waals surface area contributed by atoms with Crippen molar-refractivity contribution >= 4 is 15.9 Å². The molecule has 0 amide bonds. The highest BCUT2D eigenvalue weighted by Gasteiger charge is 2.08. The molecule has 0 spiro atoms. The Morgan fingerprint density at radius 3 is 2.69 bits per heavy atom. The van der Waals surface area contributed by atoms with Gasteiger partial charge in [0, 0.05) is 10.5 Å². The molecule has 1 atom stereocenters. The smallest absolute Gasteiger partial charge is 0.0343 e. The zero-order chi connectivity index (χ0) is 9.84. The molecule has 0 fully saturated rings. The molecule has 0 saturated carbocycles. The third-order valence-corrected chi connectivity index (χ3v) is 2.60. The largest absolute Gasteiger partial charge is 0.324 e. The lowest BCUT2D eigenvalue weighted by atomic mass is 10.0. The van der Waals surface area contributed by atoms with Crippen molar-refractivity contribution in [2.24, 2.45) is 5.73 Å². The number of benzene rings is 1. The molecule has 13 heavy (non-hydrogen) atoms. The molecule has 1 rings (SSSR count). The third kappa shape index (κ3) is 2.98. The molecule has 1 aromatic carbocycles. The predicted molar refractivity (Wildman–Crippen MR) is 60.5 cm³/mol. The van der Waals surface area contributed by atoms with Gasteiger partial charge in [-0.15, -0.1) is 6.58 Å². The van der Waals surface area contributed by atoms with Crippen molar-refractivity contribution in [2.75, 3.05) is 0 Å². The van der Waals surface area contributed by atoms with E-state index in [9.17, 15) is 0 Å². The van der Waals surface area contributed by atoms with Gasteiger partial charge in [-0.2, -0.15) is 0 Å². The summed E-state index contributed by atoms with van der Waals surface area (Å²) in [5.41, 5.74) is 8.26. The Kier molecular flexibility index (Phi) is 3.70. The van der Waals surface area contributed by atoms with E-state index in [0.717, 1.165) is 22.0 Å². The van der Waals surface area contributed by atoms with Gasteiger partial charge < -0.3 is 5.73 Å². The monoisotopic (exact) mass is 239 g/mol. The highest BCUT2D eigenvalue weighted by molar-refractivity contribution is 9.10. The zero-order valence-electron chi connectivity index (χ0n) is 7.76. The Hall–Kier alpha value is -0.600. The van der Waals surface area contributed by atoms with Crippen LogP contribution in [0.15, 0.2) is 40.9 Å². The van der Waals surface area contributed by atoms with Crippen molar-refractivity contribution in [2.45, 2.75) is 19.4 Å². The highest BCUT2D eigenvalue weighted by atomic mass is 79.9. The van der Waals surface area contributed by atoms with Crippen LogP contribution in [0, 0.1) is 0 Å². The maximum atomic E-state index is 6.01. The lowest BCUT2D eigenvalue weighted by molar-refractivity contribution is 0.714. The van der Waals surface area contributed by atoms with E-state index in [4.69, 9.17) is 5.73 Å². The molecule has 0 saturated heterocycles. The molecular weight excluding hydrogens is 226 g/mol. The van der Waals surface area contributed by atoms with E-state index in [-0.39, 0.29) is 6.04 Å². The van der Waals surface area contributed by atoms with Crippen molar-refractivity contribution in [1.29, 1.82) is 0 Å². The Labute approximate surface area is 87.8 Å². The zero-order valence-corrected chi connectivity index (χ0v) is 9.34. The number of rotatable bonds is 3. The van der Waals surface area contributed by atoms with Crippen molar-refractivity contribution in [3.8, 4) is 0 Å². The van der Waals surface area contributed by atoms with Gasteiger partial charge in [0.1, 0.15) is 0 Å². The van der Waals surface area contributed by atoms with Crippen molar-refractivity contribution in [3.05, 3.63) is 46.5 Å². The van der Waals surface area contributed by atoms with Crippen LogP contribution in [-0.4, -0.2) is 0 Å². The summed E-state index contributed by atoms with van der Waals surface area (Å²) in [5, 5.41) is 0. The SMILES string of the molecule is C=C(C)CC(N)c1ccccc1Br. The van der Waals surface area contributed by atoms with Gasteiger partial charge >= 0.3 is 0 Å². The number of halogens is 1. The van der Waals surface area contributed by atoms with Crippen LogP contribution in [0.1, 0.15) is 24.9 Å². The summed E-state index contributed by atoms with van der Waals surface area (Å²) in [6.45, 7) is 5.85. The molecule has 0 heterocycles. The molecule has 70 valence electrons. The maximum Gasteiger partial charge on any atom is 0.0343 e. The first kappa shape index (κ1) is 10.5. The average Bonchev–Trinajstić information content (AvgIpc) is 2.03. The van der Waals surface area contributed by atoms with E-state index < -0.39 is 0 Å². The second kappa shape index (κ2) is 4.58. The van der Waals surface area contributed by atoms with Gasteiger partial charge in [-0.25, -0.2) is 0 Å². The number of nitrogens with two attached hydrogens (primary N) is 1. The lowest BCUT2D eigenvalue weighted by Gasteiger charge is -2.13. The molecular formula is C11H14BrN. The summed E-state index contributed by atoms with van der Waals surface area (Å²) < 4.78 is 1.07. The molecule has 0 aliphatic rings. The summed E-state index contributed by atoms with van der Waals surface area (Å²) in [5.74, 6) is 0. The summed E-state index contributed by atoms with van der Waals surface area (Å²) in [7, 11) is 0. The van der Waals surface area contributed by atoms with E-state index in [1.807, 2.05) is 31.2 Å². The van der Waals surface area contributed by atoms with Crippen LogP contribution >= 0.6 is 15.9 Å². The molecule has 1 unspecified atom stereocenters. The van der Waals surface area contributed by atoms with Crippen LogP contribution in [0.4, 0.5) is 0 Å². The second-order valence-electron chi connectivity index (χ2n) is 3.29. The molecule has 0 aliphatic heterocycles. The quantitative estimate of drug-likeness (QED) is 0.805. The third-order valence-electron chi connectivity index (χ3n) is 1.87. The Morgan fingerprint density at radius 1 is 1.54 bits per heavy atom. The first-order valence-electron chi connectivity index (χ1n) is 4.25. The van der Waals surface area contributed by atoms with Gasteiger partial charge in [0.2, 0.25) is 0 Å². The topological polar surface area (TPSA) is 26.0 Å². The minimum absolute atomic E-state index is 0.0491. The van der Waals surface area contributed by atoms with Crippen molar-refractivity contribution in [3.63, 3.8) is 0 Å². The maximum absolute atomic E-state index is 6.01. The Morgan fingerprint density at radius 2 is 2.15 bits per heavy atom. The van der Waals surface area contributed by atoms with Gasteiger partial charge in [-0.05, 0) is 25.0 Å². The molecule has 0 radical (unpaired) electrons. The fourth-order valence-corrected chi connectivity index (χ4v) is 1.84. The molecule has 1 aromatic rings. The number of hydrogen-bond acceptors (Lipinski definition) is 1. The van der Waals surface area contributed by atoms with Crippen LogP contribution in [0.3, 0.4) is 0 Å². The minimum atomic E-state index is 0.0491. The average molecular weight is 240 g/mol. The van der Waals surface area contributed by atoms with Crippen LogP contribution < -0.4 is 5.73 Å². The lowest BCUT2D eigenvalue weighted by Crippen LogP contribution is -2.10. The second-order valence-corrected chi connectivity index (χ2v) is 4.14. The van der Waals surface area contributed by atoms with E-state index >= 15 is 0 Å². The van der Waals surface area contributed by atoms with Gasteiger partial charge in [0.15, 0.2) is 0 Å². The normalized spacial score (nSPS) is 12.5. The van der Waals surface area contributed by atoms with Crippen molar-refractivity contribution < 1.29 is 0 Å². The van der Waals surface area contributed by atoms with E-state index in [1.54, 1.807) is 0 Å². The summed E-state index contributed by atoms with van der Waals surface area (Å²) in [6, 6.07) is 8.08. The molecule has 0 aromatic heterocycles. The summed E-state index contributed by atoms with van der Waals surface area (Å²) in [4.78, 5) is 0. The van der Waals surface area contributed by atoms with Crippen LogP contribution in [0.5, 0.6) is 0 Å². The fraction of sp³-hybridized carbons (Fsp3) is 0.273. The standard InChI is InChI=1S/C11H14BrN/c1-8(2)7-11(13)9-5-3-4-6-10(9)12/h3-6,11H,1,7,13H2,2H3. The first-order valence-corrected chi connectivity index (χ1v) is 5.05. The first-order chi connectivity index (χ1) is 6.11. The predicted octanol–water partition coefficient (Wildman–Crippen LogP) is 3.42. The summed E-state index contributed by atoms with van der Waals surface area (Å²) >= 11 is 3.48.